The van der Waals surface area contributed by atoms with Gasteiger partial charge >= 0.3 is 6.09 Å². The molecule has 0 N–H and O–H groups in total. The molecule has 6 nitrogen and oxygen atoms in total. The number of nitrogens with zero attached hydrogens (tertiary/aromatic N) is 1. The third-order valence-corrected chi connectivity index (χ3v) is 4.70. The fraction of sp³-hybridized carbons (Fsp3) is 0.120. The first-order valence-corrected chi connectivity index (χ1v) is 9.84. The van der Waals surface area contributed by atoms with Crippen molar-refractivity contribution < 1.29 is 23.1 Å². The summed E-state index contributed by atoms with van der Waals surface area (Å²) in [5, 5.41) is 0.219. The molecule has 0 fully saturated rings. The predicted molar refractivity (Wildman–Crippen MR) is 118 cm³/mol. The lowest BCUT2D eigenvalue weighted by Gasteiger charge is -2.14. The Bertz CT molecular complexity index is 1310. The summed E-state index contributed by atoms with van der Waals surface area (Å²) in [5.74, 6) is 0.384. The number of hydrogen-bond donors (Lipinski definition) is 0. The van der Waals surface area contributed by atoms with Gasteiger partial charge in [-0.2, -0.15) is 0 Å². The zero-order chi connectivity index (χ0) is 22.7. The van der Waals surface area contributed by atoms with Crippen LogP contribution >= 0.6 is 0 Å². The van der Waals surface area contributed by atoms with Crippen LogP contribution in [0, 0.1) is 5.82 Å². The van der Waals surface area contributed by atoms with Gasteiger partial charge in [0.2, 0.25) is 0 Å². The molecular weight excluding hydrogens is 413 g/mol. The Balaban J connectivity index is 1.79. The lowest BCUT2D eigenvalue weighted by Crippen LogP contribution is -2.25. The summed E-state index contributed by atoms with van der Waals surface area (Å²) in [7, 11) is 3.12. The van der Waals surface area contributed by atoms with Crippen molar-refractivity contribution >= 4 is 17.1 Å². The Morgan fingerprint density at radius 2 is 1.72 bits per heavy atom. The number of carbonyl (C=O) groups is 1. The van der Waals surface area contributed by atoms with Crippen LogP contribution in [0.3, 0.4) is 0 Å². The van der Waals surface area contributed by atoms with Gasteiger partial charge in [-0.05, 0) is 17.7 Å². The highest BCUT2D eigenvalue weighted by atomic mass is 19.1. The molecule has 0 aliphatic carbocycles. The lowest BCUT2D eigenvalue weighted by molar-refractivity contribution is 0.171. The maximum absolute atomic E-state index is 13.2. The van der Waals surface area contributed by atoms with Crippen LogP contribution in [0.5, 0.6) is 11.5 Å². The molecule has 1 amide bonds. The minimum atomic E-state index is -0.588. The molecule has 0 unspecified atom stereocenters. The van der Waals surface area contributed by atoms with Crippen molar-refractivity contribution in [2.75, 3.05) is 14.1 Å². The van der Waals surface area contributed by atoms with Crippen molar-refractivity contribution in [3.8, 4) is 22.8 Å². The molecule has 0 bridgehead atoms. The van der Waals surface area contributed by atoms with Crippen molar-refractivity contribution in [3.63, 3.8) is 0 Å². The summed E-state index contributed by atoms with van der Waals surface area (Å²) in [6.45, 7) is 0.0837. The summed E-state index contributed by atoms with van der Waals surface area (Å²) >= 11 is 0. The highest BCUT2D eigenvalue weighted by molar-refractivity contribution is 5.87. The molecule has 0 aliphatic rings. The molecule has 1 aromatic heterocycles. The average molecular weight is 433 g/mol. The van der Waals surface area contributed by atoms with E-state index >= 15 is 0 Å². The van der Waals surface area contributed by atoms with Crippen LogP contribution < -0.4 is 14.9 Å². The van der Waals surface area contributed by atoms with Gasteiger partial charge < -0.3 is 18.8 Å². The third-order valence-electron chi connectivity index (χ3n) is 4.70. The van der Waals surface area contributed by atoms with Crippen LogP contribution in [0.1, 0.15) is 5.56 Å². The molecule has 4 rings (SSSR count). The van der Waals surface area contributed by atoms with Gasteiger partial charge in [0.05, 0.1) is 0 Å². The molecule has 7 heteroatoms. The first-order valence-electron chi connectivity index (χ1n) is 9.84. The summed E-state index contributed by atoms with van der Waals surface area (Å²) in [6, 6.07) is 19.4. The summed E-state index contributed by atoms with van der Waals surface area (Å²) in [6.07, 6.45) is -0.588. The number of fused-ring (bicyclic) bond motifs is 1. The maximum Gasteiger partial charge on any atom is 0.414 e. The van der Waals surface area contributed by atoms with Crippen molar-refractivity contribution in [2.24, 2.45) is 0 Å². The van der Waals surface area contributed by atoms with E-state index in [2.05, 4.69) is 0 Å². The van der Waals surface area contributed by atoms with E-state index in [-0.39, 0.29) is 40.3 Å². The van der Waals surface area contributed by atoms with E-state index in [9.17, 15) is 14.0 Å². The van der Waals surface area contributed by atoms with Crippen molar-refractivity contribution in [1.82, 2.24) is 4.90 Å². The van der Waals surface area contributed by atoms with Gasteiger partial charge in [-0.1, -0.05) is 42.5 Å². The van der Waals surface area contributed by atoms with Gasteiger partial charge in [-0.3, -0.25) is 4.79 Å². The Morgan fingerprint density at radius 3 is 2.41 bits per heavy atom. The summed E-state index contributed by atoms with van der Waals surface area (Å²) in [5.41, 5.74) is 1.36. The molecule has 3 aromatic carbocycles. The minimum Gasteiger partial charge on any atom is -0.488 e. The molecule has 32 heavy (non-hydrogen) atoms. The van der Waals surface area contributed by atoms with E-state index in [4.69, 9.17) is 13.9 Å². The van der Waals surface area contributed by atoms with E-state index < -0.39 is 6.09 Å². The second-order valence-electron chi connectivity index (χ2n) is 7.31. The number of halogens is 1. The quantitative estimate of drug-likeness (QED) is 0.431. The van der Waals surface area contributed by atoms with E-state index in [1.165, 1.54) is 35.2 Å². The van der Waals surface area contributed by atoms with E-state index in [1.807, 2.05) is 30.3 Å². The summed E-state index contributed by atoms with van der Waals surface area (Å²) < 4.78 is 30.4. The lowest BCUT2D eigenvalue weighted by atomic mass is 10.1. The minimum absolute atomic E-state index is 0.0837. The van der Waals surface area contributed by atoms with E-state index in [1.54, 1.807) is 26.2 Å². The van der Waals surface area contributed by atoms with Gasteiger partial charge in [-0.25, -0.2) is 9.18 Å². The maximum atomic E-state index is 13.2. The topological polar surface area (TPSA) is 69.0 Å². The normalized spacial score (nSPS) is 10.7. The second-order valence-corrected chi connectivity index (χ2v) is 7.31. The van der Waals surface area contributed by atoms with E-state index in [0.717, 1.165) is 5.56 Å². The number of ether oxygens (including phenoxy) is 2. The number of rotatable bonds is 5. The molecule has 0 aliphatic heterocycles. The number of benzene rings is 3. The highest BCUT2D eigenvalue weighted by Gasteiger charge is 2.17. The molecule has 162 valence electrons. The largest absolute Gasteiger partial charge is 0.488 e. The van der Waals surface area contributed by atoms with Crippen LogP contribution in [-0.2, 0) is 6.61 Å². The molecule has 4 aromatic rings. The van der Waals surface area contributed by atoms with Crippen LogP contribution in [0.25, 0.3) is 22.3 Å². The standard InChI is InChI=1S/C25H20FNO5/c1-27(2)25(29)31-19-12-22(30-15-16-8-10-18(26)11-9-16)24-20(28)14-21(32-23(24)13-19)17-6-4-3-5-7-17/h3-14H,15H2,1-2H3. The van der Waals surface area contributed by atoms with Crippen LogP contribution in [0.4, 0.5) is 9.18 Å². The van der Waals surface area contributed by atoms with Gasteiger partial charge in [0.25, 0.3) is 0 Å². The fourth-order valence-electron chi connectivity index (χ4n) is 3.08. The van der Waals surface area contributed by atoms with Crippen LogP contribution in [0.15, 0.2) is 82.0 Å². The first-order chi connectivity index (χ1) is 15.4. The van der Waals surface area contributed by atoms with Gasteiger partial charge in [0.1, 0.15) is 40.7 Å². The summed E-state index contributed by atoms with van der Waals surface area (Å²) in [4.78, 5) is 26.3. The van der Waals surface area contributed by atoms with Crippen LogP contribution in [0.2, 0.25) is 0 Å². The molecule has 0 atom stereocenters. The van der Waals surface area contributed by atoms with Gasteiger partial charge in [0.15, 0.2) is 5.43 Å². The van der Waals surface area contributed by atoms with Gasteiger partial charge in [0, 0.05) is 37.9 Å². The molecule has 0 saturated heterocycles. The zero-order valence-corrected chi connectivity index (χ0v) is 17.5. The Hall–Kier alpha value is -4.13. The molecule has 1 heterocycles. The Labute approximate surface area is 183 Å². The zero-order valence-electron chi connectivity index (χ0n) is 17.5. The smallest absolute Gasteiger partial charge is 0.414 e. The fourth-order valence-corrected chi connectivity index (χ4v) is 3.08. The van der Waals surface area contributed by atoms with Crippen molar-refractivity contribution in [2.45, 2.75) is 6.61 Å². The SMILES string of the molecule is CN(C)C(=O)Oc1cc(OCc2ccc(F)cc2)c2c(=O)cc(-c3ccccc3)oc2c1. The van der Waals surface area contributed by atoms with Crippen molar-refractivity contribution in [1.29, 1.82) is 0 Å². The number of amides is 1. The highest BCUT2D eigenvalue weighted by Crippen LogP contribution is 2.32. The average Bonchev–Trinajstić information content (AvgIpc) is 2.78. The molecule has 0 saturated carbocycles. The molecular formula is C25H20FNO5. The molecule has 0 radical (unpaired) electrons. The van der Waals surface area contributed by atoms with E-state index in [0.29, 0.717) is 11.3 Å². The Morgan fingerprint density at radius 1 is 1.00 bits per heavy atom. The van der Waals surface area contributed by atoms with Crippen LogP contribution in [-0.4, -0.2) is 25.1 Å². The first kappa shape index (κ1) is 21.1. The molecule has 0 spiro atoms. The van der Waals surface area contributed by atoms with Crippen molar-refractivity contribution in [3.05, 3.63) is 94.4 Å². The second kappa shape index (κ2) is 8.93. The Kier molecular flexibility index (Phi) is 5.89. The third kappa shape index (κ3) is 4.62. The van der Waals surface area contributed by atoms with Gasteiger partial charge in [-0.15, -0.1) is 0 Å². The monoisotopic (exact) mass is 433 g/mol. The number of carbonyl (C=O) groups excluding carboxylic acids is 1. The number of hydrogen-bond acceptors (Lipinski definition) is 5. The predicted octanol–water partition coefficient (Wildman–Crippen LogP) is 5.24.